The number of thiophene rings is 1. The highest BCUT2D eigenvalue weighted by molar-refractivity contribution is 7.07. The number of carbonyl (C=O) groups is 2. The van der Waals surface area contributed by atoms with Crippen LogP contribution in [0.25, 0.3) is 11.0 Å². The fourth-order valence-corrected chi connectivity index (χ4v) is 3.92. The average Bonchev–Trinajstić information content (AvgIpc) is 3.47. The normalized spacial score (nSPS) is 11.0. The zero-order chi connectivity index (χ0) is 23.2. The minimum Gasteiger partial charge on any atom is -0.449 e. The van der Waals surface area contributed by atoms with Gasteiger partial charge in [-0.05, 0) is 64.7 Å². The van der Waals surface area contributed by atoms with Crippen molar-refractivity contribution in [3.63, 3.8) is 0 Å². The molecular weight excluding hydrogens is 438 g/mol. The van der Waals surface area contributed by atoms with Crippen molar-refractivity contribution in [2.75, 3.05) is 16.8 Å². The molecule has 4 rings (SSSR count). The Morgan fingerprint density at radius 3 is 2.64 bits per heavy atom. The van der Waals surface area contributed by atoms with Gasteiger partial charge >= 0.3 is 6.09 Å². The van der Waals surface area contributed by atoms with Gasteiger partial charge in [-0.15, -0.1) is 5.10 Å². The summed E-state index contributed by atoms with van der Waals surface area (Å²) in [5.74, 6) is 0.144. The smallest absolute Gasteiger partial charge is 0.411 e. The summed E-state index contributed by atoms with van der Waals surface area (Å²) in [6.45, 7) is 4.79. The van der Waals surface area contributed by atoms with E-state index in [-0.39, 0.29) is 18.4 Å². The number of carbonyl (C=O) groups excluding carboxylic acids is 2. The molecule has 33 heavy (non-hydrogen) atoms. The van der Waals surface area contributed by atoms with Gasteiger partial charge in [0.1, 0.15) is 12.1 Å². The van der Waals surface area contributed by atoms with Crippen LogP contribution in [0.15, 0.2) is 65.4 Å². The highest BCUT2D eigenvalue weighted by atomic mass is 32.1. The predicted molar refractivity (Wildman–Crippen MR) is 129 cm³/mol. The number of anilines is 2. The van der Waals surface area contributed by atoms with Crippen LogP contribution in [0.4, 0.5) is 16.2 Å². The van der Waals surface area contributed by atoms with Gasteiger partial charge in [0.05, 0.1) is 18.7 Å². The van der Waals surface area contributed by atoms with E-state index in [2.05, 4.69) is 15.6 Å². The van der Waals surface area contributed by atoms with Crippen molar-refractivity contribution in [3.05, 3.63) is 70.9 Å². The third kappa shape index (κ3) is 5.75. The second-order valence-corrected chi connectivity index (χ2v) is 8.79. The molecule has 0 aliphatic heterocycles. The summed E-state index contributed by atoms with van der Waals surface area (Å²) in [7, 11) is 0. The van der Waals surface area contributed by atoms with Crippen molar-refractivity contribution in [2.45, 2.75) is 26.9 Å². The molecule has 1 N–H and O–H groups in total. The molecule has 0 aliphatic rings. The van der Waals surface area contributed by atoms with Crippen molar-refractivity contribution < 1.29 is 14.3 Å². The number of aromatic nitrogens is 3. The number of fused-ring (bicyclic) bond motifs is 1. The summed E-state index contributed by atoms with van der Waals surface area (Å²) in [5.41, 5.74) is 3.90. The van der Waals surface area contributed by atoms with Crippen LogP contribution in [0.2, 0.25) is 0 Å². The number of nitrogens with zero attached hydrogens (tertiary/aromatic N) is 4. The molecule has 0 fully saturated rings. The minimum absolute atomic E-state index is 0.0617. The molecule has 0 atom stereocenters. The largest absolute Gasteiger partial charge is 0.449 e. The van der Waals surface area contributed by atoms with E-state index in [0.717, 1.165) is 22.3 Å². The van der Waals surface area contributed by atoms with Gasteiger partial charge in [-0.25, -0.2) is 9.48 Å². The van der Waals surface area contributed by atoms with Gasteiger partial charge < -0.3 is 9.64 Å². The maximum Gasteiger partial charge on any atom is 0.411 e. The topological polar surface area (TPSA) is 89.4 Å². The lowest BCUT2D eigenvalue weighted by Gasteiger charge is -2.23. The SMILES string of the molecule is CC(C)COC(=O)Nc1ccc(N(Cc2ccsc2)C(=O)Cn2nnc3ccccc32)cc1. The van der Waals surface area contributed by atoms with Gasteiger partial charge in [-0.3, -0.25) is 10.1 Å². The number of benzene rings is 2. The number of hydrogen-bond acceptors (Lipinski definition) is 6. The molecule has 0 radical (unpaired) electrons. The highest BCUT2D eigenvalue weighted by Crippen LogP contribution is 2.22. The monoisotopic (exact) mass is 463 g/mol. The lowest BCUT2D eigenvalue weighted by Crippen LogP contribution is -2.33. The van der Waals surface area contributed by atoms with Crippen LogP contribution in [-0.2, 0) is 22.6 Å². The number of ether oxygens (including phenoxy) is 1. The molecule has 8 nitrogen and oxygen atoms in total. The molecule has 4 aromatic rings. The van der Waals surface area contributed by atoms with Gasteiger partial charge in [0.15, 0.2) is 0 Å². The van der Waals surface area contributed by atoms with Gasteiger partial charge in [-0.1, -0.05) is 31.2 Å². The van der Waals surface area contributed by atoms with E-state index >= 15 is 0 Å². The molecule has 0 bridgehead atoms. The number of nitrogens with one attached hydrogen (secondary N) is 1. The summed E-state index contributed by atoms with van der Waals surface area (Å²) < 4.78 is 6.77. The second kappa shape index (κ2) is 10.3. The molecule has 170 valence electrons. The van der Waals surface area contributed by atoms with E-state index in [4.69, 9.17) is 4.74 Å². The van der Waals surface area contributed by atoms with Crippen molar-refractivity contribution in [2.24, 2.45) is 5.92 Å². The van der Waals surface area contributed by atoms with E-state index in [9.17, 15) is 9.59 Å². The van der Waals surface area contributed by atoms with E-state index in [1.54, 1.807) is 33.1 Å². The Bertz CT molecular complexity index is 1220. The summed E-state index contributed by atoms with van der Waals surface area (Å²) >= 11 is 1.58. The first-order valence-electron chi connectivity index (χ1n) is 10.6. The highest BCUT2D eigenvalue weighted by Gasteiger charge is 2.19. The molecule has 2 amide bonds. The number of rotatable bonds is 8. The van der Waals surface area contributed by atoms with Crippen LogP contribution in [0.3, 0.4) is 0 Å². The summed E-state index contributed by atoms with van der Waals surface area (Å²) in [4.78, 5) is 27.0. The van der Waals surface area contributed by atoms with Crippen molar-refractivity contribution in [1.82, 2.24) is 15.0 Å². The van der Waals surface area contributed by atoms with Gasteiger partial charge in [0.25, 0.3) is 0 Å². The van der Waals surface area contributed by atoms with Crippen molar-refractivity contribution in [1.29, 1.82) is 0 Å². The molecule has 0 spiro atoms. The average molecular weight is 464 g/mol. The molecule has 2 heterocycles. The third-order valence-electron chi connectivity index (χ3n) is 4.90. The number of amides is 2. The van der Waals surface area contributed by atoms with Crippen LogP contribution >= 0.6 is 11.3 Å². The Morgan fingerprint density at radius 2 is 1.91 bits per heavy atom. The zero-order valence-corrected chi connectivity index (χ0v) is 19.3. The quantitative estimate of drug-likeness (QED) is 0.400. The van der Waals surface area contributed by atoms with E-state index < -0.39 is 6.09 Å². The Morgan fingerprint density at radius 1 is 1.12 bits per heavy atom. The Labute approximate surface area is 195 Å². The first-order chi connectivity index (χ1) is 16.0. The van der Waals surface area contributed by atoms with Crippen LogP contribution in [0, 0.1) is 5.92 Å². The van der Waals surface area contributed by atoms with E-state index in [1.165, 1.54) is 0 Å². The van der Waals surface area contributed by atoms with Crippen LogP contribution in [0.5, 0.6) is 0 Å². The molecule has 0 saturated carbocycles. The van der Waals surface area contributed by atoms with Crippen LogP contribution in [0.1, 0.15) is 19.4 Å². The molecule has 9 heteroatoms. The van der Waals surface area contributed by atoms with Gasteiger partial charge in [0, 0.05) is 11.4 Å². The summed E-state index contributed by atoms with van der Waals surface area (Å²) in [6.07, 6.45) is -0.499. The lowest BCUT2D eigenvalue weighted by atomic mass is 10.2. The molecule has 0 unspecified atom stereocenters. The summed E-state index contributed by atoms with van der Waals surface area (Å²) in [5, 5.41) is 15.0. The van der Waals surface area contributed by atoms with E-state index in [1.807, 2.05) is 67.1 Å². The van der Waals surface area contributed by atoms with E-state index in [0.29, 0.717) is 18.8 Å². The first-order valence-corrected chi connectivity index (χ1v) is 11.6. The van der Waals surface area contributed by atoms with Crippen LogP contribution in [-0.4, -0.2) is 33.6 Å². The standard InChI is InChI=1S/C24H25N5O3S/c1-17(2)15-32-24(31)25-19-7-9-20(10-8-19)28(13-18-11-12-33-16-18)23(30)14-29-22-6-4-3-5-21(22)26-27-29/h3-12,16-17H,13-15H2,1-2H3,(H,25,31). The first kappa shape index (κ1) is 22.5. The molecule has 2 aromatic heterocycles. The Kier molecular flexibility index (Phi) is 6.99. The maximum atomic E-state index is 13.3. The predicted octanol–water partition coefficient (Wildman–Crippen LogP) is 4.93. The fourth-order valence-electron chi connectivity index (χ4n) is 3.26. The molecule has 2 aromatic carbocycles. The molecular formula is C24H25N5O3S. The minimum atomic E-state index is -0.499. The lowest BCUT2D eigenvalue weighted by molar-refractivity contribution is -0.119. The zero-order valence-electron chi connectivity index (χ0n) is 18.5. The van der Waals surface area contributed by atoms with Crippen molar-refractivity contribution >= 4 is 45.7 Å². The van der Waals surface area contributed by atoms with Gasteiger partial charge in [-0.2, -0.15) is 11.3 Å². The Hall–Kier alpha value is -3.72. The number of hydrogen-bond donors (Lipinski definition) is 1. The van der Waals surface area contributed by atoms with Crippen LogP contribution < -0.4 is 10.2 Å². The molecule has 0 aliphatic carbocycles. The van der Waals surface area contributed by atoms with Gasteiger partial charge in [0.2, 0.25) is 5.91 Å². The number of para-hydroxylation sites is 1. The molecule has 0 saturated heterocycles. The third-order valence-corrected chi connectivity index (χ3v) is 5.63. The van der Waals surface area contributed by atoms with Crippen molar-refractivity contribution in [3.8, 4) is 0 Å². The maximum absolute atomic E-state index is 13.3. The second-order valence-electron chi connectivity index (χ2n) is 8.01. The fraction of sp³-hybridized carbons (Fsp3) is 0.250. The summed E-state index contributed by atoms with van der Waals surface area (Å²) in [6, 6.07) is 16.7. The Balaban J connectivity index is 1.51.